The van der Waals surface area contributed by atoms with Gasteiger partial charge in [0.05, 0.1) is 30.2 Å². The third kappa shape index (κ3) is 5.35. The molecular formula is C11H15ClN2O4S. The van der Waals surface area contributed by atoms with Gasteiger partial charge in [0.15, 0.2) is 0 Å². The molecule has 6 nitrogen and oxygen atoms in total. The Balaban J connectivity index is 2.66. The summed E-state index contributed by atoms with van der Waals surface area (Å²) in [6.45, 7) is 1.87. The van der Waals surface area contributed by atoms with E-state index in [0.29, 0.717) is 5.02 Å². The van der Waals surface area contributed by atoms with Crippen molar-refractivity contribution in [2.75, 3.05) is 22.8 Å². The van der Waals surface area contributed by atoms with Gasteiger partial charge in [-0.15, -0.1) is 0 Å². The predicted molar refractivity (Wildman–Crippen MR) is 74.5 cm³/mol. The molecule has 0 saturated carbocycles. The van der Waals surface area contributed by atoms with Gasteiger partial charge in [-0.25, -0.2) is 8.42 Å². The minimum atomic E-state index is -3.66. The Morgan fingerprint density at radius 1 is 1.47 bits per heavy atom. The summed E-state index contributed by atoms with van der Waals surface area (Å²) >= 11 is 5.71. The number of nitrogens with two attached hydrogens (primary N) is 1. The average Bonchev–Trinajstić information content (AvgIpc) is 2.31. The summed E-state index contributed by atoms with van der Waals surface area (Å²) in [7, 11) is -3.66. The van der Waals surface area contributed by atoms with E-state index in [9.17, 15) is 13.2 Å². The van der Waals surface area contributed by atoms with Gasteiger partial charge < -0.3 is 10.5 Å². The van der Waals surface area contributed by atoms with Crippen molar-refractivity contribution in [2.24, 2.45) is 0 Å². The highest BCUT2D eigenvalue weighted by atomic mass is 35.5. The molecule has 0 fully saturated rings. The van der Waals surface area contributed by atoms with E-state index in [1.54, 1.807) is 6.92 Å². The van der Waals surface area contributed by atoms with E-state index in [2.05, 4.69) is 9.46 Å². The van der Waals surface area contributed by atoms with Gasteiger partial charge in [-0.2, -0.15) is 0 Å². The molecule has 0 heterocycles. The molecule has 0 atom stereocenters. The molecule has 0 bridgehead atoms. The molecule has 0 unspecified atom stereocenters. The van der Waals surface area contributed by atoms with Gasteiger partial charge in [-0.3, -0.25) is 9.52 Å². The van der Waals surface area contributed by atoms with E-state index in [0.717, 1.165) is 0 Å². The van der Waals surface area contributed by atoms with Crippen LogP contribution in [0.1, 0.15) is 13.3 Å². The summed E-state index contributed by atoms with van der Waals surface area (Å²) in [5.41, 5.74) is 6.07. The van der Waals surface area contributed by atoms with E-state index in [1.165, 1.54) is 18.2 Å². The monoisotopic (exact) mass is 306 g/mol. The molecule has 0 amide bonds. The van der Waals surface area contributed by atoms with E-state index < -0.39 is 16.0 Å². The first-order valence-electron chi connectivity index (χ1n) is 5.55. The molecule has 0 saturated heterocycles. The normalized spacial score (nSPS) is 11.1. The summed E-state index contributed by atoms with van der Waals surface area (Å²) in [4.78, 5) is 11.1. The Kier molecular flexibility index (Phi) is 5.44. The van der Waals surface area contributed by atoms with E-state index in [1.807, 2.05) is 0 Å². The molecule has 0 aliphatic rings. The Bertz CT molecular complexity index is 560. The van der Waals surface area contributed by atoms with Gasteiger partial charge in [0, 0.05) is 5.02 Å². The fourth-order valence-corrected chi connectivity index (χ4v) is 2.53. The molecule has 0 spiro atoms. The molecule has 0 aliphatic carbocycles. The first-order chi connectivity index (χ1) is 8.84. The number of hydrogen-bond acceptors (Lipinski definition) is 5. The fraction of sp³-hybridized carbons (Fsp3) is 0.364. The molecule has 3 N–H and O–H groups in total. The summed E-state index contributed by atoms with van der Waals surface area (Å²) in [6.07, 6.45) is -0.212. The lowest BCUT2D eigenvalue weighted by atomic mass is 10.3. The average molecular weight is 307 g/mol. The standard InChI is InChI=1S/C11H15ClN2O4S/c1-2-18-11(15)5-6-19(16,17)14-10-4-3-8(12)7-9(10)13/h3-4,7,14H,2,5-6,13H2,1H3. The number of sulfonamides is 1. The van der Waals surface area contributed by atoms with Crippen molar-refractivity contribution in [1.29, 1.82) is 0 Å². The lowest BCUT2D eigenvalue weighted by molar-refractivity contribution is -0.142. The zero-order valence-electron chi connectivity index (χ0n) is 10.3. The second-order valence-electron chi connectivity index (χ2n) is 3.71. The number of halogens is 1. The SMILES string of the molecule is CCOC(=O)CCS(=O)(=O)Nc1ccc(Cl)cc1N. The summed E-state index contributed by atoms with van der Waals surface area (Å²) < 4.78 is 30.4. The zero-order valence-corrected chi connectivity index (χ0v) is 11.9. The molecule has 1 aromatic carbocycles. The maximum absolute atomic E-state index is 11.7. The van der Waals surface area contributed by atoms with E-state index in [4.69, 9.17) is 17.3 Å². The third-order valence-corrected chi connectivity index (χ3v) is 3.67. The second-order valence-corrected chi connectivity index (χ2v) is 5.99. The first-order valence-corrected chi connectivity index (χ1v) is 7.58. The topological polar surface area (TPSA) is 98.5 Å². The van der Waals surface area contributed by atoms with Gasteiger partial charge >= 0.3 is 5.97 Å². The van der Waals surface area contributed by atoms with Gasteiger partial charge in [-0.1, -0.05) is 11.6 Å². The summed E-state index contributed by atoms with van der Waals surface area (Å²) in [6, 6.07) is 4.41. The van der Waals surface area contributed by atoms with Crippen LogP contribution in [0.3, 0.4) is 0 Å². The molecule has 0 aromatic heterocycles. The van der Waals surface area contributed by atoms with Crippen LogP contribution < -0.4 is 10.5 Å². The number of benzene rings is 1. The Hall–Kier alpha value is -1.47. The highest BCUT2D eigenvalue weighted by molar-refractivity contribution is 7.92. The Labute approximate surface area is 116 Å². The second kappa shape index (κ2) is 6.63. The molecule has 0 aliphatic heterocycles. The highest BCUT2D eigenvalue weighted by Crippen LogP contribution is 2.23. The molecule has 1 aromatic rings. The predicted octanol–water partition coefficient (Wildman–Crippen LogP) is 1.62. The van der Waals surface area contributed by atoms with Crippen LogP contribution in [-0.2, 0) is 19.6 Å². The maximum atomic E-state index is 11.7. The molecule has 19 heavy (non-hydrogen) atoms. The lowest BCUT2D eigenvalue weighted by Gasteiger charge is -2.10. The van der Waals surface area contributed by atoms with Gasteiger partial charge in [-0.05, 0) is 25.1 Å². The molecule has 0 radical (unpaired) electrons. The lowest BCUT2D eigenvalue weighted by Crippen LogP contribution is -2.20. The minimum Gasteiger partial charge on any atom is -0.466 e. The molecule has 1 rings (SSSR count). The van der Waals surface area contributed by atoms with Crippen LogP contribution in [-0.4, -0.2) is 26.7 Å². The number of nitrogen functional groups attached to an aromatic ring is 1. The minimum absolute atomic E-state index is 0.212. The number of nitrogens with one attached hydrogen (secondary N) is 1. The van der Waals surface area contributed by atoms with Gasteiger partial charge in [0.25, 0.3) is 0 Å². The van der Waals surface area contributed by atoms with Crippen LogP contribution in [0, 0.1) is 0 Å². The van der Waals surface area contributed by atoms with E-state index in [-0.39, 0.29) is 30.2 Å². The number of rotatable bonds is 6. The van der Waals surface area contributed by atoms with Crippen molar-refractivity contribution in [3.8, 4) is 0 Å². The van der Waals surface area contributed by atoms with Crippen LogP contribution in [0.2, 0.25) is 5.02 Å². The van der Waals surface area contributed by atoms with Crippen LogP contribution in [0.25, 0.3) is 0 Å². The van der Waals surface area contributed by atoms with Crippen molar-refractivity contribution >= 4 is 39.0 Å². The third-order valence-electron chi connectivity index (χ3n) is 2.16. The number of hydrogen-bond donors (Lipinski definition) is 2. The quantitative estimate of drug-likeness (QED) is 0.614. The zero-order chi connectivity index (χ0) is 14.5. The first kappa shape index (κ1) is 15.6. The molecule has 8 heteroatoms. The van der Waals surface area contributed by atoms with Crippen molar-refractivity contribution in [3.05, 3.63) is 23.2 Å². The van der Waals surface area contributed by atoms with Crippen LogP contribution >= 0.6 is 11.6 Å². The number of carbonyl (C=O) groups is 1. The summed E-state index contributed by atoms with van der Waals surface area (Å²) in [5, 5.41) is 0.409. The van der Waals surface area contributed by atoms with E-state index >= 15 is 0 Å². The van der Waals surface area contributed by atoms with Gasteiger partial charge in [0.1, 0.15) is 0 Å². The Morgan fingerprint density at radius 3 is 2.74 bits per heavy atom. The van der Waals surface area contributed by atoms with Gasteiger partial charge in [0.2, 0.25) is 10.0 Å². The number of esters is 1. The summed E-state index contributed by atoms with van der Waals surface area (Å²) in [5.74, 6) is -0.926. The number of anilines is 2. The van der Waals surface area contributed by atoms with Crippen molar-refractivity contribution < 1.29 is 17.9 Å². The smallest absolute Gasteiger partial charge is 0.306 e. The fourth-order valence-electron chi connectivity index (χ4n) is 1.30. The Morgan fingerprint density at radius 2 is 2.16 bits per heavy atom. The van der Waals surface area contributed by atoms with Crippen molar-refractivity contribution in [1.82, 2.24) is 0 Å². The molecule has 106 valence electrons. The highest BCUT2D eigenvalue weighted by Gasteiger charge is 2.15. The van der Waals surface area contributed by atoms with Crippen molar-refractivity contribution in [2.45, 2.75) is 13.3 Å². The van der Waals surface area contributed by atoms with Crippen LogP contribution in [0.15, 0.2) is 18.2 Å². The molecular weight excluding hydrogens is 292 g/mol. The maximum Gasteiger partial charge on any atom is 0.306 e. The van der Waals surface area contributed by atoms with Crippen molar-refractivity contribution in [3.63, 3.8) is 0 Å². The number of carbonyl (C=O) groups excluding carboxylic acids is 1. The van der Waals surface area contributed by atoms with Crippen LogP contribution in [0.4, 0.5) is 11.4 Å². The largest absolute Gasteiger partial charge is 0.466 e. The number of ether oxygens (including phenoxy) is 1. The van der Waals surface area contributed by atoms with Crippen LogP contribution in [0.5, 0.6) is 0 Å².